The standard InChI is InChI=1S/C22H25NO5S/c1-3-27-21(25)22(13-19(22)20(24)23-26)12-15-4-8-17(9-5-15)28-14-16-6-10-18(29-2)11-7-16/h4-11,19,26H,3,12-14H2,1-2H3,(H,23,24). The molecule has 1 amide bonds. The van der Waals surface area contributed by atoms with Crippen molar-refractivity contribution in [3.8, 4) is 5.75 Å². The van der Waals surface area contributed by atoms with Gasteiger partial charge in [-0.2, -0.15) is 0 Å². The van der Waals surface area contributed by atoms with Crippen molar-refractivity contribution in [3.05, 3.63) is 59.7 Å². The molecule has 2 atom stereocenters. The van der Waals surface area contributed by atoms with Crippen LogP contribution in [0.1, 0.15) is 24.5 Å². The zero-order valence-electron chi connectivity index (χ0n) is 16.5. The zero-order valence-corrected chi connectivity index (χ0v) is 17.3. The number of rotatable bonds is 9. The Morgan fingerprint density at radius 1 is 1.14 bits per heavy atom. The van der Waals surface area contributed by atoms with E-state index >= 15 is 0 Å². The Hall–Kier alpha value is -2.51. The molecule has 1 fully saturated rings. The highest BCUT2D eigenvalue weighted by atomic mass is 32.2. The summed E-state index contributed by atoms with van der Waals surface area (Å²) in [6.07, 6.45) is 2.78. The van der Waals surface area contributed by atoms with Crippen molar-refractivity contribution >= 4 is 23.6 Å². The predicted octanol–water partition coefficient (Wildman–Crippen LogP) is 3.60. The Labute approximate surface area is 174 Å². The van der Waals surface area contributed by atoms with E-state index in [0.29, 0.717) is 19.4 Å². The number of carbonyl (C=O) groups is 2. The highest BCUT2D eigenvalue weighted by Gasteiger charge is 2.64. The topological polar surface area (TPSA) is 84.9 Å². The van der Waals surface area contributed by atoms with Crippen LogP contribution < -0.4 is 10.2 Å². The van der Waals surface area contributed by atoms with Crippen molar-refractivity contribution < 1.29 is 24.3 Å². The van der Waals surface area contributed by atoms with E-state index in [1.807, 2.05) is 42.7 Å². The molecule has 2 N–H and O–H groups in total. The zero-order chi connectivity index (χ0) is 20.9. The first-order chi connectivity index (χ1) is 14.0. The number of ether oxygens (including phenoxy) is 2. The Balaban J connectivity index is 1.62. The Morgan fingerprint density at radius 2 is 1.79 bits per heavy atom. The van der Waals surface area contributed by atoms with Gasteiger partial charge < -0.3 is 9.47 Å². The number of thioether (sulfide) groups is 1. The summed E-state index contributed by atoms with van der Waals surface area (Å²) in [5.41, 5.74) is 2.73. The fourth-order valence-corrected chi connectivity index (χ4v) is 3.86. The summed E-state index contributed by atoms with van der Waals surface area (Å²) in [7, 11) is 0. The number of nitrogens with one attached hydrogen (secondary N) is 1. The monoisotopic (exact) mass is 415 g/mol. The first kappa shape index (κ1) is 21.2. The molecule has 1 aliphatic carbocycles. The summed E-state index contributed by atoms with van der Waals surface area (Å²) in [6, 6.07) is 15.7. The van der Waals surface area contributed by atoms with Gasteiger partial charge in [0, 0.05) is 4.90 Å². The van der Waals surface area contributed by atoms with Crippen LogP contribution in [0.3, 0.4) is 0 Å². The van der Waals surface area contributed by atoms with Gasteiger partial charge in [0.1, 0.15) is 12.4 Å². The molecule has 0 heterocycles. The summed E-state index contributed by atoms with van der Waals surface area (Å²) >= 11 is 1.70. The first-order valence-electron chi connectivity index (χ1n) is 9.48. The number of hydroxylamine groups is 1. The van der Waals surface area contributed by atoms with Crippen LogP contribution in [-0.2, 0) is 27.4 Å². The molecule has 154 valence electrons. The summed E-state index contributed by atoms with van der Waals surface area (Å²) < 4.78 is 11.0. The molecule has 1 saturated carbocycles. The van der Waals surface area contributed by atoms with Gasteiger partial charge in [-0.05, 0) is 61.4 Å². The SMILES string of the molecule is CCOC(=O)C1(Cc2ccc(OCc3ccc(SC)cc3)cc2)CC1C(=O)NO. The smallest absolute Gasteiger partial charge is 0.313 e. The van der Waals surface area contributed by atoms with Gasteiger partial charge in [0.15, 0.2) is 0 Å². The quantitative estimate of drug-likeness (QED) is 0.282. The first-order valence-corrected chi connectivity index (χ1v) is 10.7. The fourth-order valence-electron chi connectivity index (χ4n) is 3.45. The molecular formula is C22H25NO5S. The van der Waals surface area contributed by atoms with Crippen LogP contribution in [0.4, 0.5) is 0 Å². The number of hydrogen-bond acceptors (Lipinski definition) is 6. The van der Waals surface area contributed by atoms with E-state index in [2.05, 4.69) is 12.1 Å². The summed E-state index contributed by atoms with van der Waals surface area (Å²) in [6.45, 7) is 2.45. The van der Waals surface area contributed by atoms with Crippen LogP contribution in [0, 0.1) is 11.3 Å². The predicted molar refractivity (Wildman–Crippen MR) is 110 cm³/mol. The third-order valence-electron chi connectivity index (χ3n) is 5.19. The van der Waals surface area contributed by atoms with Gasteiger partial charge in [-0.3, -0.25) is 14.8 Å². The molecule has 0 saturated heterocycles. The van der Waals surface area contributed by atoms with Gasteiger partial charge in [-0.15, -0.1) is 11.8 Å². The molecule has 7 heteroatoms. The van der Waals surface area contributed by atoms with Gasteiger partial charge in [0.25, 0.3) is 0 Å². The van der Waals surface area contributed by atoms with Crippen molar-refractivity contribution in [2.24, 2.45) is 11.3 Å². The molecular weight excluding hydrogens is 390 g/mol. The second-order valence-electron chi connectivity index (χ2n) is 7.07. The lowest BCUT2D eigenvalue weighted by molar-refractivity contribution is -0.152. The van der Waals surface area contributed by atoms with Crippen LogP contribution >= 0.6 is 11.8 Å². The largest absolute Gasteiger partial charge is 0.489 e. The van der Waals surface area contributed by atoms with E-state index in [-0.39, 0.29) is 6.61 Å². The molecule has 0 radical (unpaired) electrons. The molecule has 3 rings (SSSR count). The minimum absolute atomic E-state index is 0.249. The molecule has 2 aromatic carbocycles. The van der Waals surface area contributed by atoms with E-state index in [9.17, 15) is 9.59 Å². The average molecular weight is 416 g/mol. The van der Waals surface area contributed by atoms with E-state index in [0.717, 1.165) is 16.9 Å². The van der Waals surface area contributed by atoms with E-state index < -0.39 is 23.2 Å². The normalized spacial score (nSPS) is 20.0. The molecule has 6 nitrogen and oxygen atoms in total. The molecule has 0 aliphatic heterocycles. The Kier molecular flexibility index (Phi) is 6.82. The highest BCUT2D eigenvalue weighted by molar-refractivity contribution is 7.98. The van der Waals surface area contributed by atoms with Gasteiger partial charge in [0.2, 0.25) is 5.91 Å². The van der Waals surface area contributed by atoms with Gasteiger partial charge in [0.05, 0.1) is 17.9 Å². The molecule has 29 heavy (non-hydrogen) atoms. The van der Waals surface area contributed by atoms with E-state index in [1.165, 1.54) is 4.90 Å². The number of amides is 1. The van der Waals surface area contributed by atoms with Crippen LogP contribution in [0.25, 0.3) is 0 Å². The van der Waals surface area contributed by atoms with Crippen molar-refractivity contribution in [2.75, 3.05) is 12.9 Å². The summed E-state index contributed by atoms with van der Waals surface area (Å²) in [5.74, 6) is -0.798. The summed E-state index contributed by atoms with van der Waals surface area (Å²) in [4.78, 5) is 25.4. The van der Waals surface area contributed by atoms with Gasteiger partial charge in [-0.1, -0.05) is 24.3 Å². The molecule has 2 unspecified atom stereocenters. The molecule has 0 bridgehead atoms. The second kappa shape index (κ2) is 9.33. The molecule has 2 aromatic rings. The third kappa shape index (κ3) is 4.92. The van der Waals surface area contributed by atoms with Crippen LogP contribution in [0.2, 0.25) is 0 Å². The lowest BCUT2D eigenvalue weighted by Crippen LogP contribution is -2.30. The van der Waals surface area contributed by atoms with Crippen molar-refractivity contribution in [3.63, 3.8) is 0 Å². The maximum Gasteiger partial charge on any atom is 0.313 e. The number of carbonyl (C=O) groups excluding carboxylic acids is 2. The molecule has 0 spiro atoms. The number of benzene rings is 2. The third-order valence-corrected chi connectivity index (χ3v) is 5.93. The van der Waals surface area contributed by atoms with Crippen LogP contribution in [0.15, 0.2) is 53.4 Å². The minimum Gasteiger partial charge on any atom is -0.489 e. The maximum absolute atomic E-state index is 12.4. The average Bonchev–Trinajstić information content (AvgIpc) is 3.48. The van der Waals surface area contributed by atoms with Gasteiger partial charge in [-0.25, -0.2) is 5.48 Å². The Bertz CT molecular complexity index is 853. The van der Waals surface area contributed by atoms with Crippen LogP contribution in [-0.4, -0.2) is 29.9 Å². The Morgan fingerprint density at radius 3 is 2.38 bits per heavy atom. The second-order valence-corrected chi connectivity index (χ2v) is 7.95. The molecule has 0 aromatic heterocycles. The van der Waals surface area contributed by atoms with Crippen molar-refractivity contribution in [1.82, 2.24) is 5.48 Å². The van der Waals surface area contributed by atoms with Crippen molar-refractivity contribution in [2.45, 2.75) is 31.3 Å². The number of esters is 1. The fraction of sp³-hybridized carbons (Fsp3) is 0.364. The van der Waals surface area contributed by atoms with E-state index in [1.54, 1.807) is 24.2 Å². The van der Waals surface area contributed by atoms with Crippen LogP contribution in [0.5, 0.6) is 5.75 Å². The summed E-state index contributed by atoms with van der Waals surface area (Å²) in [5, 5.41) is 8.90. The maximum atomic E-state index is 12.4. The van der Waals surface area contributed by atoms with Crippen molar-refractivity contribution in [1.29, 1.82) is 0 Å². The van der Waals surface area contributed by atoms with Gasteiger partial charge >= 0.3 is 5.97 Å². The lowest BCUT2D eigenvalue weighted by atomic mass is 9.93. The number of hydrogen-bond donors (Lipinski definition) is 2. The highest BCUT2D eigenvalue weighted by Crippen LogP contribution is 2.55. The lowest BCUT2D eigenvalue weighted by Gasteiger charge is -2.16. The molecule has 1 aliphatic rings. The van der Waals surface area contributed by atoms with E-state index in [4.69, 9.17) is 14.7 Å². The minimum atomic E-state index is -0.912.